The van der Waals surface area contributed by atoms with Crippen LogP contribution in [0.25, 0.3) is 0 Å². The van der Waals surface area contributed by atoms with Crippen LogP contribution >= 0.6 is 0 Å². The summed E-state index contributed by atoms with van der Waals surface area (Å²) in [5.41, 5.74) is 2.10. The molecule has 0 aromatic heterocycles. The van der Waals surface area contributed by atoms with E-state index in [1.807, 2.05) is 0 Å². The molecule has 0 N–H and O–H groups in total. The van der Waals surface area contributed by atoms with E-state index in [0.717, 1.165) is 5.56 Å². The Morgan fingerprint density at radius 2 is 1.70 bits per heavy atom. The molecule has 0 bridgehead atoms. The summed E-state index contributed by atoms with van der Waals surface area (Å²) in [7, 11) is -3.30. The first-order valence-corrected chi connectivity index (χ1v) is 10.8. The van der Waals surface area contributed by atoms with Gasteiger partial charge in [0.05, 0.1) is 18.0 Å². The Hall–Kier alpha value is -2.29. The number of ether oxygens (including phenoxy) is 1. The van der Waals surface area contributed by atoms with Crippen LogP contribution in [0.1, 0.15) is 29.8 Å². The van der Waals surface area contributed by atoms with Gasteiger partial charge in [-0.15, -0.1) is 0 Å². The van der Waals surface area contributed by atoms with Crippen molar-refractivity contribution in [1.82, 2.24) is 9.80 Å². The van der Waals surface area contributed by atoms with E-state index in [1.165, 1.54) is 4.31 Å². The zero-order valence-electron chi connectivity index (χ0n) is 15.7. The number of piperazine rings is 1. The monoisotopic (exact) mass is 395 g/mol. The molecule has 1 aromatic rings. The van der Waals surface area contributed by atoms with Gasteiger partial charge in [-0.3, -0.25) is 9.10 Å². The highest BCUT2D eigenvalue weighted by Crippen LogP contribution is 2.31. The summed E-state index contributed by atoms with van der Waals surface area (Å²) in [4.78, 5) is 27.9. The van der Waals surface area contributed by atoms with Gasteiger partial charge in [-0.25, -0.2) is 13.2 Å². The van der Waals surface area contributed by atoms with Crippen molar-refractivity contribution in [2.24, 2.45) is 0 Å². The molecule has 8 nitrogen and oxygen atoms in total. The summed E-state index contributed by atoms with van der Waals surface area (Å²) < 4.78 is 30.8. The van der Waals surface area contributed by atoms with E-state index in [4.69, 9.17) is 4.74 Å². The van der Waals surface area contributed by atoms with Crippen molar-refractivity contribution in [3.05, 3.63) is 29.3 Å². The average molecular weight is 395 g/mol. The Kier molecular flexibility index (Phi) is 5.59. The SMILES string of the molecule is CCOC(=O)N1CCN(C(=O)c2ccc3c(c2)CCN3S(=O)(=O)CC)CC1. The summed E-state index contributed by atoms with van der Waals surface area (Å²) in [5, 5.41) is 0. The van der Waals surface area contributed by atoms with Crippen molar-refractivity contribution < 1.29 is 22.7 Å². The van der Waals surface area contributed by atoms with Crippen LogP contribution < -0.4 is 4.31 Å². The third kappa shape index (κ3) is 3.87. The number of hydrogen-bond donors (Lipinski definition) is 0. The summed E-state index contributed by atoms with van der Waals surface area (Å²) in [6, 6.07) is 5.20. The highest BCUT2D eigenvalue weighted by Gasteiger charge is 2.30. The number of rotatable bonds is 4. The van der Waals surface area contributed by atoms with Gasteiger partial charge in [-0.1, -0.05) is 0 Å². The second-order valence-corrected chi connectivity index (χ2v) is 8.73. The van der Waals surface area contributed by atoms with Gasteiger partial charge in [0.1, 0.15) is 0 Å². The van der Waals surface area contributed by atoms with E-state index in [0.29, 0.717) is 57.0 Å². The van der Waals surface area contributed by atoms with Crippen molar-refractivity contribution in [2.75, 3.05) is 49.4 Å². The minimum Gasteiger partial charge on any atom is -0.450 e. The zero-order valence-corrected chi connectivity index (χ0v) is 16.5. The molecule has 2 heterocycles. The van der Waals surface area contributed by atoms with Gasteiger partial charge in [-0.05, 0) is 44.0 Å². The van der Waals surface area contributed by atoms with Gasteiger partial charge in [0.15, 0.2) is 0 Å². The molecule has 2 aliphatic rings. The van der Waals surface area contributed by atoms with E-state index >= 15 is 0 Å². The predicted molar refractivity (Wildman–Crippen MR) is 101 cm³/mol. The molecular weight excluding hydrogens is 370 g/mol. The molecule has 1 fully saturated rings. The molecule has 27 heavy (non-hydrogen) atoms. The van der Waals surface area contributed by atoms with Crippen LogP contribution in [0.5, 0.6) is 0 Å². The Morgan fingerprint density at radius 3 is 2.33 bits per heavy atom. The molecule has 0 saturated carbocycles. The summed E-state index contributed by atoms with van der Waals surface area (Å²) in [6.45, 7) is 5.92. The van der Waals surface area contributed by atoms with Crippen molar-refractivity contribution in [2.45, 2.75) is 20.3 Å². The first-order valence-electron chi connectivity index (χ1n) is 9.21. The lowest BCUT2D eigenvalue weighted by molar-refractivity contribution is 0.0570. The largest absolute Gasteiger partial charge is 0.450 e. The molecular formula is C18H25N3O5S. The van der Waals surface area contributed by atoms with Crippen molar-refractivity contribution in [1.29, 1.82) is 0 Å². The molecule has 0 radical (unpaired) electrons. The number of fused-ring (bicyclic) bond motifs is 1. The molecule has 0 spiro atoms. The second kappa shape index (κ2) is 7.75. The van der Waals surface area contributed by atoms with E-state index < -0.39 is 10.0 Å². The highest BCUT2D eigenvalue weighted by atomic mass is 32.2. The third-order valence-electron chi connectivity index (χ3n) is 4.97. The van der Waals surface area contributed by atoms with Crippen LogP contribution in [0.4, 0.5) is 10.5 Å². The average Bonchev–Trinajstić information content (AvgIpc) is 3.12. The molecule has 1 aromatic carbocycles. The molecule has 0 aliphatic carbocycles. The molecule has 1 saturated heterocycles. The van der Waals surface area contributed by atoms with E-state index in [2.05, 4.69) is 0 Å². The number of anilines is 1. The lowest BCUT2D eigenvalue weighted by atomic mass is 10.1. The van der Waals surface area contributed by atoms with Gasteiger partial charge >= 0.3 is 6.09 Å². The Bertz CT molecular complexity index is 831. The quantitative estimate of drug-likeness (QED) is 0.767. The fourth-order valence-corrected chi connectivity index (χ4v) is 4.60. The predicted octanol–water partition coefficient (Wildman–Crippen LogP) is 1.31. The summed E-state index contributed by atoms with van der Waals surface area (Å²) in [6.07, 6.45) is 0.256. The van der Waals surface area contributed by atoms with Crippen LogP contribution in [0.15, 0.2) is 18.2 Å². The minimum absolute atomic E-state index is 0.0534. The fourth-order valence-electron chi connectivity index (χ4n) is 3.44. The lowest BCUT2D eigenvalue weighted by Crippen LogP contribution is -2.50. The molecule has 2 aliphatic heterocycles. The van der Waals surface area contributed by atoms with Crippen LogP contribution in [0, 0.1) is 0 Å². The van der Waals surface area contributed by atoms with Gasteiger partial charge < -0.3 is 14.5 Å². The first-order chi connectivity index (χ1) is 12.9. The van der Waals surface area contributed by atoms with Crippen LogP contribution in [-0.4, -0.2) is 75.3 Å². The molecule has 0 unspecified atom stereocenters. The maximum absolute atomic E-state index is 12.8. The van der Waals surface area contributed by atoms with Crippen molar-refractivity contribution in [3.63, 3.8) is 0 Å². The number of sulfonamides is 1. The van der Waals surface area contributed by atoms with Crippen molar-refractivity contribution in [3.8, 4) is 0 Å². The summed E-state index contributed by atoms with van der Waals surface area (Å²) >= 11 is 0. The van der Waals surface area contributed by atoms with Crippen LogP contribution in [-0.2, 0) is 21.2 Å². The van der Waals surface area contributed by atoms with Gasteiger partial charge in [0.25, 0.3) is 5.91 Å². The molecule has 148 valence electrons. The minimum atomic E-state index is -3.30. The standard InChI is InChI=1S/C18H25N3O5S/c1-3-26-18(23)20-11-9-19(10-12-20)17(22)15-5-6-16-14(13-15)7-8-21(16)27(24,25)4-2/h5-6,13H,3-4,7-12H2,1-2H3. The number of benzene rings is 1. The molecule has 2 amide bonds. The van der Waals surface area contributed by atoms with Crippen LogP contribution in [0.3, 0.4) is 0 Å². The Balaban J connectivity index is 1.68. The number of amides is 2. The van der Waals surface area contributed by atoms with Crippen LogP contribution in [0.2, 0.25) is 0 Å². The number of nitrogens with zero attached hydrogens (tertiary/aromatic N) is 3. The number of carbonyl (C=O) groups excluding carboxylic acids is 2. The smallest absolute Gasteiger partial charge is 0.409 e. The molecule has 0 atom stereocenters. The zero-order chi connectivity index (χ0) is 19.6. The Morgan fingerprint density at radius 1 is 1.04 bits per heavy atom. The first kappa shape index (κ1) is 19.5. The van der Waals surface area contributed by atoms with Crippen molar-refractivity contribution >= 4 is 27.7 Å². The van der Waals surface area contributed by atoms with E-state index in [1.54, 1.807) is 41.8 Å². The lowest BCUT2D eigenvalue weighted by Gasteiger charge is -2.34. The topological polar surface area (TPSA) is 87.2 Å². The van der Waals surface area contributed by atoms with Gasteiger partial charge in [-0.2, -0.15) is 0 Å². The number of carbonyl (C=O) groups is 2. The molecule has 9 heteroatoms. The second-order valence-electron chi connectivity index (χ2n) is 6.54. The Labute approximate surface area is 159 Å². The maximum Gasteiger partial charge on any atom is 0.409 e. The van der Waals surface area contributed by atoms with E-state index in [9.17, 15) is 18.0 Å². The highest BCUT2D eigenvalue weighted by molar-refractivity contribution is 7.92. The maximum atomic E-state index is 12.8. The van der Waals surface area contributed by atoms with Gasteiger partial charge in [0.2, 0.25) is 10.0 Å². The summed E-state index contributed by atoms with van der Waals surface area (Å²) in [5.74, 6) is -0.0455. The molecule has 3 rings (SSSR count). The third-order valence-corrected chi connectivity index (χ3v) is 6.75. The fraction of sp³-hybridized carbons (Fsp3) is 0.556. The number of hydrogen-bond acceptors (Lipinski definition) is 5. The van der Waals surface area contributed by atoms with E-state index in [-0.39, 0.29) is 17.8 Å². The normalized spacial score (nSPS) is 17.0. The van der Waals surface area contributed by atoms with Gasteiger partial charge in [0, 0.05) is 38.3 Å².